The molecule has 0 aliphatic carbocycles. The van der Waals surface area contributed by atoms with Crippen molar-refractivity contribution in [1.29, 1.82) is 0 Å². The molecule has 0 amide bonds. The summed E-state index contributed by atoms with van der Waals surface area (Å²) in [6, 6.07) is 14.4. The average Bonchev–Trinajstić information content (AvgIpc) is 2.69. The van der Waals surface area contributed by atoms with Gasteiger partial charge in [-0.1, -0.05) is 36.4 Å². The fourth-order valence-corrected chi connectivity index (χ4v) is 2.61. The van der Waals surface area contributed by atoms with Crippen molar-refractivity contribution >= 4 is 5.96 Å². The molecule has 2 aromatic rings. The number of alkyl halides is 3. The van der Waals surface area contributed by atoms with Crippen LogP contribution in [0.15, 0.2) is 53.5 Å². The van der Waals surface area contributed by atoms with Crippen LogP contribution < -0.4 is 10.6 Å². The Morgan fingerprint density at radius 1 is 0.966 bits per heavy atom. The van der Waals surface area contributed by atoms with Gasteiger partial charge in [-0.25, -0.2) is 0 Å². The van der Waals surface area contributed by atoms with Crippen molar-refractivity contribution in [3.63, 3.8) is 0 Å². The number of nitrogens with zero attached hydrogens (tertiary/aromatic N) is 1. The Labute approximate surface area is 168 Å². The van der Waals surface area contributed by atoms with E-state index in [0.29, 0.717) is 18.1 Å². The molecule has 0 bridgehead atoms. The van der Waals surface area contributed by atoms with Crippen molar-refractivity contribution in [3.05, 3.63) is 65.2 Å². The molecule has 0 atom stereocenters. The smallest absolute Gasteiger partial charge is 0.411 e. The minimum atomic E-state index is -4.31. The van der Waals surface area contributed by atoms with E-state index in [0.717, 1.165) is 30.5 Å². The number of ether oxygens (including phenoxy) is 1. The molecule has 5 nitrogen and oxygen atoms in total. The van der Waals surface area contributed by atoms with E-state index >= 15 is 0 Å². The van der Waals surface area contributed by atoms with E-state index in [4.69, 9.17) is 0 Å². The lowest BCUT2D eigenvalue weighted by molar-refractivity contribution is -0.176. The van der Waals surface area contributed by atoms with Crippen LogP contribution in [-0.4, -0.2) is 37.4 Å². The second-order valence-corrected chi connectivity index (χ2v) is 6.55. The monoisotopic (exact) mass is 409 g/mol. The normalized spacial score (nSPS) is 12.1. The highest BCUT2D eigenvalue weighted by molar-refractivity contribution is 5.79. The topological polar surface area (TPSA) is 65.9 Å². The summed E-state index contributed by atoms with van der Waals surface area (Å²) >= 11 is 0. The number of nitrogens with one attached hydrogen (secondary N) is 2. The van der Waals surface area contributed by atoms with Crippen LogP contribution in [0.4, 0.5) is 13.2 Å². The molecule has 0 spiro atoms. The number of hydrogen-bond donors (Lipinski definition) is 3. The van der Waals surface area contributed by atoms with E-state index in [1.165, 1.54) is 0 Å². The summed E-state index contributed by atoms with van der Waals surface area (Å²) in [6.07, 6.45) is -2.50. The van der Waals surface area contributed by atoms with Gasteiger partial charge in [-0.3, -0.25) is 4.99 Å². The van der Waals surface area contributed by atoms with E-state index in [-0.39, 0.29) is 12.4 Å². The first-order chi connectivity index (χ1) is 13.9. The van der Waals surface area contributed by atoms with Crippen molar-refractivity contribution in [2.75, 3.05) is 20.2 Å². The molecule has 0 heterocycles. The maximum atomic E-state index is 12.1. The van der Waals surface area contributed by atoms with E-state index in [2.05, 4.69) is 20.4 Å². The van der Waals surface area contributed by atoms with Crippen LogP contribution in [0.2, 0.25) is 0 Å². The predicted octanol–water partition coefficient (Wildman–Crippen LogP) is 3.77. The predicted molar refractivity (Wildman–Crippen MR) is 107 cm³/mol. The highest BCUT2D eigenvalue weighted by Gasteiger charge is 2.27. The third kappa shape index (κ3) is 9.34. The van der Waals surface area contributed by atoms with Gasteiger partial charge >= 0.3 is 6.18 Å². The number of rotatable bonds is 9. The Morgan fingerprint density at radius 2 is 1.59 bits per heavy atom. The second-order valence-electron chi connectivity index (χ2n) is 6.55. The Balaban J connectivity index is 1.67. The number of aliphatic imine (C=N–C) groups is 1. The van der Waals surface area contributed by atoms with Crippen molar-refractivity contribution in [2.45, 2.75) is 32.2 Å². The first-order valence-corrected chi connectivity index (χ1v) is 9.30. The van der Waals surface area contributed by atoms with Crippen LogP contribution in [0.5, 0.6) is 5.75 Å². The minimum Gasteiger partial charge on any atom is -0.508 e. The van der Waals surface area contributed by atoms with Crippen molar-refractivity contribution in [3.8, 4) is 5.75 Å². The van der Waals surface area contributed by atoms with Gasteiger partial charge in [0.25, 0.3) is 0 Å². The van der Waals surface area contributed by atoms with Gasteiger partial charge in [-0.05, 0) is 41.7 Å². The lowest BCUT2D eigenvalue weighted by Gasteiger charge is -2.12. The quantitative estimate of drug-likeness (QED) is 0.335. The molecule has 2 aromatic carbocycles. The first-order valence-electron chi connectivity index (χ1n) is 9.30. The molecule has 0 aliphatic rings. The Hall–Kier alpha value is -2.74. The average molecular weight is 409 g/mol. The highest BCUT2D eigenvalue weighted by Crippen LogP contribution is 2.16. The molecule has 0 fully saturated rings. The Bertz CT molecular complexity index is 760. The van der Waals surface area contributed by atoms with Crippen molar-refractivity contribution in [2.24, 2.45) is 4.99 Å². The fraction of sp³-hybridized carbons (Fsp3) is 0.381. The van der Waals surface area contributed by atoms with Gasteiger partial charge in [0, 0.05) is 20.1 Å². The number of phenols is 1. The number of hydrogen-bond acceptors (Lipinski definition) is 3. The highest BCUT2D eigenvalue weighted by atomic mass is 19.4. The molecule has 2 rings (SSSR count). The van der Waals surface area contributed by atoms with E-state index in [9.17, 15) is 18.3 Å². The van der Waals surface area contributed by atoms with Crippen LogP contribution in [0, 0.1) is 0 Å². The summed E-state index contributed by atoms with van der Waals surface area (Å²) < 4.78 is 40.9. The molecule has 3 N–H and O–H groups in total. The second kappa shape index (κ2) is 11.3. The standard InChI is InChI=1S/C21H26F3N3O2/c1-25-20(26-12-2-3-16-8-10-19(28)11-9-16)27-13-17-4-6-18(7-5-17)14-29-15-21(22,23)24/h4-11,28H,2-3,12-15H2,1H3,(H2,25,26,27). The van der Waals surface area contributed by atoms with Crippen LogP contribution in [0.25, 0.3) is 0 Å². The van der Waals surface area contributed by atoms with Gasteiger partial charge in [-0.2, -0.15) is 13.2 Å². The van der Waals surface area contributed by atoms with Crippen LogP contribution in [0.1, 0.15) is 23.1 Å². The van der Waals surface area contributed by atoms with E-state index in [1.807, 2.05) is 24.3 Å². The largest absolute Gasteiger partial charge is 0.508 e. The van der Waals surface area contributed by atoms with Crippen LogP contribution in [-0.2, 0) is 24.3 Å². The minimum absolute atomic E-state index is 0.0720. The van der Waals surface area contributed by atoms with Crippen LogP contribution in [0.3, 0.4) is 0 Å². The van der Waals surface area contributed by atoms with Crippen molar-refractivity contribution in [1.82, 2.24) is 10.6 Å². The molecule has 0 unspecified atom stereocenters. The molecular weight excluding hydrogens is 383 g/mol. The molecule has 8 heteroatoms. The van der Waals surface area contributed by atoms with Crippen LogP contribution >= 0.6 is 0 Å². The molecule has 158 valence electrons. The number of halogens is 3. The molecular formula is C21H26F3N3O2. The van der Waals surface area contributed by atoms with Gasteiger partial charge in [0.05, 0.1) is 6.61 Å². The van der Waals surface area contributed by atoms with E-state index < -0.39 is 12.8 Å². The zero-order chi connectivity index (χ0) is 21.1. The SMILES string of the molecule is CN=C(NCCCc1ccc(O)cc1)NCc1ccc(COCC(F)(F)F)cc1. The molecule has 0 saturated carbocycles. The Morgan fingerprint density at radius 3 is 2.21 bits per heavy atom. The van der Waals surface area contributed by atoms with E-state index in [1.54, 1.807) is 31.3 Å². The van der Waals surface area contributed by atoms with Gasteiger partial charge in [0.1, 0.15) is 12.4 Å². The number of aryl methyl sites for hydroxylation is 1. The van der Waals surface area contributed by atoms with Gasteiger partial charge in [-0.15, -0.1) is 0 Å². The number of phenolic OH excluding ortho intramolecular Hbond substituents is 1. The van der Waals surface area contributed by atoms with Crippen molar-refractivity contribution < 1.29 is 23.0 Å². The zero-order valence-electron chi connectivity index (χ0n) is 16.3. The first kappa shape index (κ1) is 22.5. The molecule has 0 aliphatic heterocycles. The summed E-state index contributed by atoms with van der Waals surface area (Å²) in [4.78, 5) is 4.18. The fourth-order valence-electron chi connectivity index (χ4n) is 2.61. The van der Waals surface area contributed by atoms with Gasteiger partial charge < -0.3 is 20.5 Å². The number of aromatic hydroxyl groups is 1. The summed E-state index contributed by atoms with van der Waals surface area (Å²) in [6.45, 7) is -0.0279. The van der Waals surface area contributed by atoms with Gasteiger partial charge in [0.15, 0.2) is 5.96 Å². The molecule has 0 radical (unpaired) electrons. The third-order valence-corrected chi connectivity index (χ3v) is 4.11. The maximum absolute atomic E-state index is 12.1. The number of guanidine groups is 1. The summed E-state index contributed by atoms with van der Waals surface area (Å²) in [5.41, 5.74) is 2.83. The molecule has 0 saturated heterocycles. The lowest BCUT2D eigenvalue weighted by Crippen LogP contribution is -2.37. The Kier molecular flexibility index (Phi) is 8.79. The number of benzene rings is 2. The van der Waals surface area contributed by atoms with Gasteiger partial charge in [0.2, 0.25) is 0 Å². The summed E-state index contributed by atoms with van der Waals surface area (Å²) in [7, 11) is 1.69. The lowest BCUT2D eigenvalue weighted by atomic mass is 10.1. The summed E-state index contributed by atoms with van der Waals surface area (Å²) in [5.74, 6) is 0.937. The molecule has 0 aromatic heterocycles. The summed E-state index contributed by atoms with van der Waals surface area (Å²) in [5, 5.41) is 15.7. The third-order valence-electron chi connectivity index (χ3n) is 4.11. The molecule has 29 heavy (non-hydrogen) atoms. The maximum Gasteiger partial charge on any atom is 0.411 e. The zero-order valence-corrected chi connectivity index (χ0v) is 16.3.